The third kappa shape index (κ3) is 4.07. The molecule has 0 spiro atoms. The standard InChI is InChI=1S/C20H23N3O4S/c1-13(2)19(20(24)25)22-28(26,27)16-10-8-15(9-11-16)12-23-14(3)21-17-6-4-5-7-18(17)23/h4-11,13,19,22H,12H2,1-3H3,(H,24,25)/t19-/m0/s1. The molecule has 2 N–H and O–H groups in total. The Morgan fingerprint density at radius 2 is 1.79 bits per heavy atom. The van der Waals surface area contributed by atoms with Crippen LogP contribution in [0.3, 0.4) is 0 Å². The molecule has 3 rings (SSSR count). The summed E-state index contributed by atoms with van der Waals surface area (Å²) in [6, 6.07) is 13.1. The first-order chi connectivity index (χ1) is 13.2. The quantitative estimate of drug-likeness (QED) is 0.634. The van der Waals surface area contributed by atoms with E-state index in [0.717, 1.165) is 22.4 Å². The number of hydrogen-bond acceptors (Lipinski definition) is 4. The Kier molecular flexibility index (Phi) is 5.53. The van der Waals surface area contributed by atoms with Crippen molar-refractivity contribution in [1.82, 2.24) is 14.3 Å². The van der Waals surface area contributed by atoms with Crippen LogP contribution in [0.5, 0.6) is 0 Å². The van der Waals surface area contributed by atoms with Crippen molar-refractivity contribution >= 4 is 27.0 Å². The second-order valence-electron chi connectivity index (χ2n) is 7.06. The fraction of sp³-hybridized carbons (Fsp3) is 0.300. The number of aryl methyl sites for hydroxylation is 1. The molecule has 1 aromatic heterocycles. The largest absolute Gasteiger partial charge is 0.480 e. The van der Waals surface area contributed by atoms with Crippen molar-refractivity contribution in [2.75, 3.05) is 0 Å². The number of fused-ring (bicyclic) bond motifs is 1. The third-order valence-electron chi connectivity index (χ3n) is 4.63. The maximum Gasteiger partial charge on any atom is 0.322 e. The summed E-state index contributed by atoms with van der Waals surface area (Å²) in [6.45, 7) is 5.80. The van der Waals surface area contributed by atoms with Gasteiger partial charge in [0.1, 0.15) is 11.9 Å². The summed E-state index contributed by atoms with van der Waals surface area (Å²) in [4.78, 5) is 15.9. The summed E-state index contributed by atoms with van der Waals surface area (Å²) in [5, 5.41) is 9.22. The smallest absolute Gasteiger partial charge is 0.322 e. The summed E-state index contributed by atoms with van der Waals surface area (Å²) < 4.78 is 29.4. The van der Waals surface area contributed by atoms with Gasteiger partial charge in [0.15, 0.2) is 0 Å². The number of sulfonamides is 1. The van der Waals surface area contributed by atoms with Crippen LogP contribution in [0.4, 0.5) is 0 Å². The van der Waals surface area contributed by atoms with Crippen LogP contribution in [-0.4, -0.2) is 35.1 Å². The van der Waals surface area contributed by atoms with Crippen LogP contribution < -0.4 is 4.72 Å². The number of carboxylic acids is 1. The van der Waals surface area contributed by atoms with E-state index < -0.39 is 22.0 Å². The minimum Gasteiger partial charge on any atom is -0.480 e. The van der Waals surface area contributed by atoms with E-state index in [-0.39, 0.29) is 10.8 Å². The highest BCUT2D eigenvalue weighted by Gasteiger charge is 2.27. The van der Waals surface area contributed by atoms with Crippen molar-refractivity contribution in [2.24, 2.45) is 5.92 Å². The lowest BCUT2D eigenvalue weighted by Crippen LogP contribution is -2.44. The van der Waals surface area contributed by atoms with Gasteiger partial charge in [-0.1, -0.05) is 38.1 Å². The number of hydrogen-bond donors (Lipinski definition) is 2. The van der Waals surface area contributed by atoms with Crippen molar-refractivity contribution in [1.29, 1.82) is 0 Å². The molecule has 2 aromatic carbocycles. The molecular weight excluding hydrogens is 378 g/mol. The molecule has 7 nitrogen and oxygen atoms in total. The minimum absolute atomic E-state index is 0.0374. The van der Waals surface area contributed by atoms with Crippen molar-refractivity contribution in [3.63, 3.8) is 0 Å². The summed E-state index contributed by atoms with van der Waals surface area (Å²) in [7, 11) is -3.92. The summed E-state index contributed by atoms with van der Waals surface area (Å²) in [6.07, 6.45) is 0. The lowest BCUT2D eigenvalue weighted by atomic mass is 10.1. The van der Waals surface area contributed by atoms with Gasteiger partial charge < -0.3 is 9.67 Å². The van der Waals surface area contributed by atoms with E-state index in [1.54, 1.807) is 26.0 Å². The van der Waals surface area contributed by atoms with E-state index in [1.807, 2.05) is 31.2 Å². The number of aliphatic carboxylic acids is 1. The van der Waals surface area contributed by atoms with E-state index in [1.165, 1.54) is 12.1 Å². The number of imidazole rings is 1. The highest BCUT2D eigenvalue weighted by Crippen LogP contribution is 2.19. The SMILES string of the molecule is Cc1nc2ccccc2n1Cc1ccc(S(=O)(=O)N[C@H](C(=O)O)C(C)C)cc1. The molecule has 0 radical (unpaired) electrons. The van der Waals surface area contributed by atoms with Gasteiger partial charge in [0.25, 0.3) is 0 Å². The first kappa shape index (κ1) is 20.0. The van der Waals surface area contributed by atoms with Crippen LogP contribution >= 0.6 is 0 Å². The van der Waals surface area contributed by atoms with E-state index in [4.69, 9.17) is 0 Å². The number of nitrogens with one attached hydrogen (secondary N) is 1. The Hall–Kier alpha value is -2.71. The zero-order chi connectivity index (χ0) is 20.5. The number of rotatable bonds is 7. The van der Waals surface area contributed by atoms with Gasteiger partial charge in [-0.05, 0) is 42.7 Å². The van der Waals surface area contributed by atoms with E-state index >= 15 is 0 Å². The highest BCUT2D eigenvalue weighted by molar-refractivity contribution is 7.89. The van der Waals surface area contributed by atoms with Crippen LogP contribution in [0.15, 0.2) is 53.4 Å². The first-order valence-corrected chi connectivity index (χ1v) is 10.4. The average Bonchev–Trinajstić information content (AvgIpc) is 2.95. The zero-order valence-electron chi connectivity index (χ0n) is 16.0. The molecule has 0 aliphatic heterocycles. The Morgan fingerprint density at radius 3 is 2.39 bits per heavy atom. The number of carbonyl (C=O) groups is 1. The molecule has 148 valence electrons. The van der Waals surface area contributed by atoms with Crippen LogP contribution in [0, 0.1) is 12.8 Å². The molecule has 0 fully saturated rings. The molecule has 0 aliphatic carbocycles. The molecule has 0 aliphatic rings. The predicted molar refractivity (Wildman–Crippen MR) is 107 cm³/mol. The third-order valence-corrected chi connectivity index (χ3v) is 6.09. The number of para-hydroxylation sites is 2. The molecule has 1 heterocycles. The van der Waals surface area contributed by atoms with Gasteiger partial charge in [-0.25, -0.2) is 13.4 Å². The Balaban J connectivity index is 1.83. The second kappa shape index (κ2) is 7.73. The zero-order valence-corrected chi connectivity index (χ0v) is 16.8. The van der Waals surface area contributed by atoms with Crippen LogP contribution in [0.1, 0.15) is 25.2 Å². The van der Waals surface area contributed by atoms with Gasteiger partial charge in [-0.3, -0.25) is 4.79 Å². The maximum absolute atomic E-state index is 12.5. The van der Waals surface area contributed by atoms with E-state index in [0.29, 0.717) is 6.54 Å². The average molecular weight is 401 g/mol. The highest BCUT2D eigenvalue weighted by atomic mass is 32.2. The number of nitrogens with zero attached hydrogens (tertiary/aromatic N) is 2. The van der Waals surface area contributed by atoms with Gasteiger partial charge in [0, 0.05) is 6.54 Å². The normalized spacial score (nSPS) is 13.1. The summed E-state index contributed by atoms with van der Waals surface area (Å²) >= 11 is 0. The van der Waals surface area contributed by atoms with Gasteiger partial charge in [-0.15, -0.1) is 0 Å². The lowest BCUT2D eigenvalue weighted by Gasteiger charge is -2.18. The minimum atomic E-state index is -3.92. The van der Waals surface area contributed by atoms with Crippen molar-refractivity contribution in [3.05, 3.63) is 59.9 Å². The predicted octanol–water partition coefficient (Wildman–Crippen LogP) is 2.78. The molecular formula is C20H23N3O4S. The maximum atomic E-state index is 12.5. The first-order valence-electron chi connectivity index (χ1n) is 8.95. The Bertz CT molecular complexity index is 1100. The molecule has 0 saturated carbocycles. The molecule has 0 amide bonds. The number of benzene rings is 2. The topological polar surface area (TPSA) is 101 Å². The van der Waals surface area contributed by atoms with Gasteiger partial charge >= 0.3 is 5.97 Å². The molecule has 1 atom stereocenters. The fourth-order valence-corrected chi connectivity index (χ4v) is 4.40. The molecule has 0 saturated heterocycles. The summed E-state index contributed by atoms with van der Waals surface area (Å²) in [5.41, 5.74) is 2.85. The molecule has 3 aromatic rings. The number of carboxylic acid groups (broad SMARTS) is 1. The molecule has 8 heteroatoms. The molecule has 0 bridgehead atoms. The van der Waals surface area contributed by atoms with Crippen LogP contribution in [-0.2, 0) is 21.4 Å². The summed E-state index contributed by atoms with van der Waals surface area (Å²) in [5.74, 6) is -0.692. The van der Waals surface area contributed by atoms with Crippen molar-refractivity contribution in [3.8, 4) is 0 Å². The monoisotopic (exact) mass is 401 g/mol. The molecule has 28 heavy (non-hydrogen) atoms. The van der Waals surface area contributed by atoms with Crippen molar-refractivity contribution < 1.29 is 18.3 Å². The Labute approximate surface area is 164 Å². The van der Waals surface area contributed by atoms with Gasteiger partial charge in [0.05, 0.1) is 15.9 Å². The molecule has 0 unspecified atom stereocenters. The fourth-order valence-electron chi connectivity index (χ4n) is 3.06. The van der Waals surface area contributed by atoms with Crippen LogP contribution in [0.2, 0.25) is 0 Å². The van der Waals surface area contributed by atoms with Gasteiger partial charge in [-0.2, -0.15) is 4.72 Å². The van der Waals surface area contributed by atoms with Crippen molar-refractivity contribution in [2.45, 2.75) is 38.3 Å². The van der Waals surface area contributed by atoms with Crippen LogP contribution in [0.25, 0.3) is 11.0 Å². The lowest BCUT2D eigenvalue weighted by molar-refractivity contribution is -0.140. The van der Waals surface area contributed by atoms with E-state index in [2.05, 4.69) is 14.3 Å². The second-order valence-corrected chi connectivity index (χ2v) is 8.77. The Morgan fingerprint density at radius 1 is 1.14 bits per heavy atom. The van der Waals surface area contributed by atoms with Gasteiger partial charge in [0.2, 0.25) is 10.0 Å². The number of aromatic nitrogens is 2. The van der Waals surface area contributed by atoms with E-state index in [9.17, 15) is 18.3 Å².